The second kappa shape index (κ2) is 21.3. The minimum absolute atomic E-state index is 0.0820. The van der Waals surface area contributed by atoms with Gasteiger partial charge >= 0.3 is 35.8 Å². The van der Waals surface area contributed by atoms with Crippen LogP contribution in [0, 0.1) is 0 Å². The number of aliphatic hydroxyl groups is 1. The summed E-state index contributed by atoms with van der Waals surface area (Å²) in [6, 6.07) is 31.4. The minimum Gasteiger partial charge on any atom is -0.463 e. The zero-order chi connectivity index (χ0) is 44.2. The third-order valence-electron chi connectivity index (χ3n) is 9.63. The third-order valence-corrected chi connectivity index (χ3v) is 9.63. The molecule has 17 heteroatoms. The second-order valence-electron chi connectivity index (χ2n) is 14.0. The molecule has 0 spiro atoms. The van der Waals surface area contributed by atoms with Crippen LogP contribution in [0.2, 0.25) is 0 Å². The largest absolute Gasteiger partial charge is 0.463 e. The highest BCUT2D eigenvalue weighted by molar-refractivity contribution is 5.91. The number of benzene rings is 4. The maximum absolute atomic E-state index is 13.7. The summed E-state index contributed by atoms with van der Waals surface area (Å²) in [5.74, 6) is -5.11. The summed E-state index contributed by atoms with van der Waals surface area (Å²) in [7, 11) is 1.24. The highest BCUT2D eigenvalue weighted by Gasteiger charge is 2.55. The number of esters is 6. The average Bonchev–Trinajstić information content (AvgIpc) is 3.29. The number of carbonyl (C=O) groups excluding carboxylic acids is 6. The van der Waals surface area contributed by atoms with Crippen molar-refractivity contribution in [3.63, 3.8) is 0 Å². The highest BCUT2D eigenvalue weighted by Crippen LogP contribution is 2.33. The Bertz CT molecular complexity index is 2130. The number of hydrogen-bond acceptors (Lipinski definition) is 17. The van der Waals surface area contributed by atoms with Gasteiger partial charge in [-0.3, -0.25) is 9.59 Å². The van der Waals surface area contributed by atoms with Crippen LogP contribution in [0.4, 0.5) is 0 Å². The third kappa shape index (κ3) is 11.4. The molecule has 0 bridgehead atoms. The van der Waals surface area contributed by atoms with Gasteiger partial charge < -0.3 is 52.5 Å². The van der Waals surface area contributed by atoms with E-state index in [2.05, 4.69) is 0 Å². The van der Waals surface area contributed by atoms with Gasteiger partial charge in [0.05, 0.1) is 28.9 Å². The molecule has 326 valence electrons. The first kappa shape index (κ1) is 45.0. The Morgan fingerprint density at radius 3 is 1.26 bits per heavy atom. The molecule has 62 heavy (non-hydrogen) atoms. The molecule has 4 aromatic carbocycles. The van der Waals surface area contributed by atoms with Gasteiger partial charge in [0.25, 0.3) is 0 Å². The standard InChI is InChI=1S/C45H44O17/c1-26(46)54-25-33-35(56-27(2)47)37(60-41(50)29-18-10-5-11-19-29)39(62-43(52)31-22-14-7-15-23-31)45(58-33)55-24-32-34(48)36(59-40(49)28-16-8-4-9-17-28)38(44(53-3)57-32)61-42(51)30-20-12-6-13-21-30/h4-23,32-39,44-45,48H,24-25H2,1-3H3/t32-,33-,34-,35-,36+,37+,38+,39+,44+,45+/m1/s1. The van der Waals surface area contributed by atoms with Crippen LogP contribution in [0.1, 0.15) is 55.3 Å². The summed E-state index contributed by atoms with van der Waals surface area (Å²) in [6.45, 7) is 1.04. The molecule has 1 N–H and O–H groups in total. The van der Waals surface area contributed by atoms with E-state index in [1.54, 1.807) is 72.8 Å². The van der Waals surface area contributed by atoms with E-state index >= 15 is 0 Å². The van der Waals surface area contributed by atoms with E-state index in [0.717, 1.165) is 13.8 Å². The lowest BCUT2D eigenvalue weighted by Crippen LogP contribution is -2.64. The van der Waals surface area contributed by atoms with E-state index in [4.69, 9.17) is 47.4 Å². The van der Waals surface area contributed by atoms with E-state index in [1.807, 2.05) is 0 Å². The van der Waals surface area contributed by atoms with Crippen LogP contribution in [0.15, 0.2) is 121 Å². The molecular weight excluding hydrogens is 812 g/mol. The number of hydrogen-bond donors (Lipinski definition) is 1. The number of carbonyl (C=O) groups is 6. The molecule has 2 saturated heterocycles. The van der Waals surface area contributed by atoms with Gasteiger partial charge in [-0.05, 0) is 48.5 Å². The molecule has 0 saturated carbocycles. The minimum atomic E-state index is -1.78. The normalized spacial score (nSPS) is 25.6. The first-order chi connectivity index (χ1) is 29.9. The first-order valence-corrected chi connectivity index (χ1v) is 19.4. The molecule has 0 radical (unpaired) electrons. The number of methoxy groups -OCH3 is 1. The second-order valence-corrected chi connectivity index (χ2v) is 14.0. The zero-order valence-corrected chi connectivity index (χ0v) is 33.7. The van der Waals surface area contributed by atoms with Crippen LogP contribution in [-0.4, -0.2) is 123 Å². The molecule has 0 amide bonds. The Hall–Kier alpha value is -6.50. The lowest BCUT2D eigenvalue weighted by atomic mass is 9.97. The van der Waals surface area contributed by atoms with Gasteiger partial charge in [-0.1, -0.05) is 72.8 Å². The average molecular weight is 857 g/mol. The summed E-state index contributed by atoms with van der Waals surface area (Å²) < 4.78 is 58.3. The van der Waals surface area contributed by atoms with Gasteiger partial charge in [0.1, 0.15) is 24.9 Å². The van der Waals surface area contributed by atoms with Gasteiger partial charge in [0.2, 0.25) is 0 Å². The zero-order valence-electron chi connectivity index (χ0n) is 33.7. The van der Waals surface area contributed by atoms with Crippen LogP contribution in [0.25, 0.3) is 0 Å². The van der Waals surface area contributed by atoms with Crippen molar-refractivity contribution in [3.05, 3.63) is 144 Å². The molecular formula is C45H44O17. The Labute approximate surface area is 355 Å². The van der Waals surface area contributed by atoms with E-state index < -0.39 is 110 Å². The van der Waals surface area contributed by atoms with Crippen LogP contribution in [0.3, 0.4) is 0 Å². The monoisotopic (exact) mass is 856 g/mol. The Balaban J connectivity index is 1.34. The molecule has 0 aromatic heterocycles. The summed E-state index contributed by atoms with van der Waals surface area (Å²) in [6.07, 6.45) is -15.9. The quantitative estimate of drug-likeness (QED) is 0.133. The highest BCUT2D eigenvalue weighted by atomic mass is 16.8. The summed E-state index contributed by atoms with van der Waals surface area (Å²) in [5.41, 5.74) is 0.445. The summed E-state index contributed by atoms with van der Waals surface area (Å²) >= 11 is 0. The molecule has 2 fully saturated rings. The predicted molar refractivity (Wildman–Crippen MR) is 211 cm³/mol. The van der Waals surface area contributed by atoms with E-state index in [9.17, 15) is 33.9 Å². The fourth-order valence-electron chi connectivity index (χ4n) is 6.67. The van der Waals surface area contributed by atoms with Gasteiger partial charge in [0.15, 0.2) is 43.1 Å². The van der Waals surface area contributed by atoms with Gasteiger partial charge in [-0.15, -0.1) is 0 Å². The topological polar surface area (TPSA) is 215 Å². The van der Waals surface area contributed by atoms with E-state index in [0.29, 0.717) is 0 Å². The fraction of sp³-hybridized carbons (Fsp3) is 0.333. The lowest BCUT2D eigenvalue weighted by Gasteiger charge is -2.45. The van der Waals surface area contributed by atoms with Crippen molar-refractivity contribution in [3.8, 4) is 0 Å². The number of aliphatic hydroxyl groups excluding tert-OH is 1. The molecule has 2 aliphatic heterocycles. The van der Waals surface area contributed by atoms with Crippen molar-refractivity contribution in [2.75, 3.05) is 20.3 Å². The van der Waals surface area contributed by atoms with Gasteiger partial charge in [0, 0.05) is 21.0 Å². The molecule has 10 atom stereocenters. The Morgan fingerprint density at radius 1 is 0.468 bits per heavy atom. The summed E-state index contributed by atoms with van der Waals surface area (Å²) in [5, 5.41) is 11.9. The molecule has 6 rings (SSSR count). The van der Waals surface area contributed by atoms with Crippen molar-refractivity contribution in [2.24, 2.45) is 0 Å². The maximum Gasteiger partial charge on any atom is 0.338 e. The molecule has 2 aliphatic rings. The van der Waals surface area contributed by atoms with Gasteiger partial charge in [-0.25, -0.2) is 19.2 Å². The van der Waals surface area contributed by atoms with Crippen molar-refractivity contribution < 1.29 is 81.2 Å². The molecule has 0 aliphatic carbocycles. The van der Waals surface area contributed by atoms with Crippen molar-refractivity contribution >= 4 is 35.8 Å². The van der Waals surface area contributed by atoms with Crippen molar-refractivity contribution in [2.45, 2.75) is 75.3 Å². The SMILES string of the molecule is CO[C@H]1O[C@H](CO[C@H]2O[C@H](COC(C)=O)[C@@H](OC(C)=O)[C@H](OC(=O)c3ccccc3)[C@@H]2OC(=O)c2ccccc2)[C@@H](O)[C@H](OC(=O)c2ccccc2)[C@@H]1OC(=O)c1ccccc1. The van der Waals surface area contributed by atoms with Crippen LogP contribution in [0.5, 0.6) is 0 Å². The molecule has 2 heterocycles. The molecule has 0 unspecified atom stereocenters. The predicted octanol–water partition coefficient (Wildman–Crippen LogP) is 3.86. The van der Waals surface area contributed by atoms with Crippen LogP contribution in [-0.2, 0) is 57.0 Å². The van der Waals surface area contributed by atoms with E-state index in [-0.39, 0.29) is 22.3 Å². The number of ether oxygens (including phenoxy) is 10. The first-order valence-electron chi connectivity index (χ1n) is 19.4. The van der Waals surface area contributed by atoms with Crippen molar-refractivity contribution in [1.29, 1.82) is 0 Å². The summed E-state index contributed by atoms with van der Waals surface area (Å²) in [4.78, 5) is 78.6. The Morgan fingerprint density at radius 2 is 0.855 bits per heavy atom. The number of rotatable bonds is 15. The Kier molecular flexibility index (Phi) is 15.5. The van der Waals surface area contributed by atoms with Crippen LogP contribution >= 0.6 is 0 Å². The fourth-order valence-corrected chi connectivity index (χ4v) is 6.67. The van der Waals surface area contributed by atoms with Gasteiger partial charge in [-0.2, -0.15) is 0 Å². The van der Waals surface area contributed by atoms with Crippen molar-refractivity contribution in [1.82, 2.24) is 0 Å². The maximum atomic E-state index is 13.7. The lowest BCUT2D eigenvalue weighted by molar-refractivity contribution is -0.327. The molecule has 17 nitrogen and oxygen atoms in total. The van der Waals surface area contributed by atoms with E-state index in [1.165, 1.54) is 55.6 Å². The smallest absolute Gasteiger partial charge is 0.338 e. The molecule has 4 aromatic rings. The van der Waals surface area contributed by atoms with Crippen LogP contribution < -0.4 is 0 Å².